The van der Waals surface area contributed by atoms with Crippen LogP contribution in [0, 0.1) is 0 Å². The third-order valence-corrected chi connectivity index (χ3v) is 3.31. The van der Waals surface area contributed by atoms with Crippen molar-refractivity contribution in [2.75, 3.05) is 51.0 Å². The summed E-state index contributed by atoms with van der Waals surface area (Å²) in [6, 6.07) is 5.56. The topological polar surface area (TPSA) is 58.8 Å². The van der Waals surface area contributed by atoms with E-state index >= 15 is 0 Å². The summed E-state index contributed by atoms with van der Waals surface area (Å²) in [6.07, 6.45) is 1.07. The molecule has 0 saturated carbocycles. The van der Waals surface area contributed by atoms with Gasteiger partial charge in [-0.05, 0) is 59.1 Å². The minimum absolute atomic E-state index is 0.350. The molecule has 0 bridgehead atoms. The van der Waals surface area contributed by atoms with E-state index in [-0.39, 0.29) is 5.97 Å². The smallest absolute Gasteiger partial charge is 0.340 e. The minimum Gasteiger partial charge on any atom is -0.462 e. The number of carbonyl (C=O) groups excluding carboxylic acids is 1. The molecule has 1 aromatic carbocycles. The number of ether oxygens (including phenoxy) is 1. The molecule has 1 aromatic rings. The number of hydrogen-bond acceptors (Lipinski definition) is 5. The fourth-order valence-corrected chi connectivity index (χ4v) is 2.17. The summed E-state index contributed by atoms with van der Waals surface area (Å²) in [5.74, 6) is -0.360. The lowest BCUT2D eigenvalue weighted by molar-refractivity contribution is 0.0527. The maximum atomic E-state index is 11.9. The zero-order chi connectivity index (χ0) is 15.8. The van der Waals surface area contributed by atoms with Crippen LogP contribution in [0.2, 0.25) is 0 Å². The van der Waals surface area contributed by atoms with Gasteiger partial charge in [-0.1, -0.05) is 0 Å². The Morgan fingerprint density at radius 3 is 2.52 bits per heavy atom. The highest BCUT2D eigenvalue weighted by atomic mass is 16.5. The molecule has 0 spiro atoms. The van der Waals surface area contributed by atoms with E-state index < -0.39 is 0 Å². The molecule has 118 valence electrons. The average Bonchev–Trinajstić information content (AvgIpc) is 2.44. The van der Waals surface area contributed by atoms with Crippen molar-refractivity contribution >= 4 is 17.3 Å². The number of nitrogen functional groups attached to an aromatic ring is 1. The first-order chi connectivity index (χ1) is 9.99. The van der Waals surface area contributed by atoms with Gasteiger partial charge < -0.3 is 20.3 Å². The molecule has 0 saturated heterocycles. The Balaban J connectivity index is 2.85. The van der Waals surface area contributed by atoms with Gasteiger partial charge in [0, 0.05) is 24.5 Å². The summed E-state index contributed by atoms with van der Waals surface area (Å²) in [6.45, 7) is 7.12. The van der Waals surface area contributed by atoms with E-state index in [2.05, 4.69) is 30.8 Å². The molecule has 5 heteroatoms. The SMILES string of the molecule is CCOC(=O)c1cc(N(CC)CCCN(C)C)ccc1N. The Hall–Kier alpha value is -1.75. The standard InChI is InChI=1S/C16H27N3O2/c1-5-19(11-7-10-18(3)4)13-8-9-15(17)14(12-13)16(20)21-6-2/h8-9,12H,5-7,10-11,17H2,1-4H3. The van der Waals surface area contributed by atoms with E-state index in [9.17, 15) is 4.79 Å². The molecular formula is C16H27N3O2. The zero-order valence-corrected chi connectivity index (χ0v) is 13.6. The van der Waals surface area contributed by atoms with E-state index in [1.165, 1.54) is 0 Å². The van der Waals surface area contributed by atoms with Gasteiger partial charge in [0.25, 0.3) is 0 Å². The molecule has 0 aliphatic heterocycles. The van der Waals surface area contributed by atoms with Gasteiger partial charge in [0.2, 0.25) is 0 Å². The predicted molar refractivity (Wildman–Crippen MR) is 87.9 cm³/mol. The second-order valence-corrected chi connectivity index (χ2v) is 5.23. The third kappa shape index (κ3) is 5.27. The van der Waals surface area contributed by atoms with Crippen LogP contribution in [-0.2, 0) is 4.74 Å². The Labute approximate surface area is 127 Å². The van der Waals surface area contributed by atoms with Crippen LogP contribution in [0.1, 0.15) is 30.6 Å². The monoisotopic (exact) mass is 293 g/mol. The molecule has 0 aliphatic carbocycles. The highest BCUT2D eigenvalue weighted by Crippen LogP contribution is 2.22. The van der Waals surface area contributed by atoms with Crippen molar-refractivity contribution < 1.29 is 9.53 Å². The van der Waals surface area contributed by atoms with Crippen LogP contribution in [0.5, 0.6) is 0 Å². The summed E-state index contributed by atoms with van der Waals surface area (Å²) in [5.41, 5.74) is 7.79. The second kappa shape index (κ2) is 8.52. The number of esters is 1. The molecular weight excluding hydrogens is 266 g/mol. The van der Waals surface area contributed by atoms with Crippen molar-refractivity contribution in [1.29, 1.82) is 0 Å². The molecule has 0 aliphatic rings. The van der Waals surface area contributed by atoms with Crippen molar-refractivity contribution in [3.05, 3.63) is 23.8 Å². The first kappa shape index (κ1) is 17.3. The maximum absolute atomic E-state index is 11.9. The number of nitrogens with zero attached hydrogens (tertiary/aromatic N) is 2. The summed E-state index contributed by atoms with van der Waals surface area (Å²) < 4.78 is 5.05. The van der Waals surface area contributed by atoms with Crippen molar-refractivity contribution in [3.8, 4) is 0 Å². The van der Waals surface area contributed by atoms with Crippen LogP contribution < -0.4 is 10.6 Å². The molecule has 5 nitrogen and oxygen atoms in total. The van der Waals surface area contributed by atoms with Gasteiger partial charge in [-0.15, -0.1) is 0 Å². The van der Waals surface area contributed by atoms with Crippen LogP contribution in [0.3, 0.4) is 0 Å². The summed E-state index contributed by atoms with van der Waals surface area (Å²) >= 11 is 0. The van der Waals surface area contributed by atoms with Crippen LogP contribution in [0.25, 0.3) is 0 Å². The minimum atomic E-state index is -0.360. The molecule has 0 amide bonds. The van der Waals surface area contributed by atoms with E-state index in [0.29, 0.717) is 17.9 Å². The third-order valence-electron chi connectivity index (χ3n) is 3.31. The Morgan fingerprint density at radius 1 is 1.24 bits per heavy atom. The van der Waals surface area contributed by atoms with E-state index in [1.807, 2.05) is 12.1 Å². The fraction of sp³-hybridized carbons (Fsp3) is 0.562. The van der Waals surface area contributed by atoms with Gasteiger partial charge in [-0.25, -0.2) is 4.79 Å². The Bertz CT molecular complexity index is 461. The number of benzene rings is 1. The van der Waals surface area contributed by atoms with Crippen LogP contribution in [0.15, 0.2) is 18.2 Å². The second-order valence-electron chi connectivity index (χ2n) is 5.23. The lowest BCUT2D eigenvalue weighted by Gasteiger charge is -2.24. The number of nitrogens with two attached hydrogens (primary N) is 1. The van der Waals surface area contributed by atoms with E-state index in [0.717, 1.165) is 31.7 Å². The van der Waals surface area contributed by atoms with Crippen LogP contribution in [0.4, 0.5) is 11.4 Å². The lowest BCUT2D eigenvalue weighted by Crippen LogP contribution is -2.27. The van der Waals surface area contributed by atoms with E-state index in [4.69, 9.17) is 10.5 Å². The lowest BCUT2D eigenvalue weighted by atomic mass is 10.1. The Kier molecular flexibility index (Phi) is 7.02. The Morgan fingerprint density at radius 2 is 1.95 bits per heavy atom. The first-order valence-corrected chi connectivity index (χ1v) is 7.45. The molecule has 0 unspecified atom stereocenters. The summed E-state index contributed by atoms with van der Waals surface area (Å²) in [4.78, 5) is 16.3. The molecule has 0 fully saturated rings. The first-order valence-electron chi connectivity index (χ1n) is 7.45. The molecule has 0 aromatic heterocycles. The quantitative estimate of drug-likeness (QED) is 0.588. The fourth-order valence-electron chi connectivity index (χ4n) is 2.17. The molecule has 1 rings (SSSR count). The number of anilines is 2. The van der Waals surface area contributed by atoms with Gasteiger partial charge in [0.05, 0.1) is 12.2 Å². The van der Waals surface area contributed by atoms with Gasteiger partial charge in [-0.3, -0.25) is 0 Å². The number of carbonyl (C=O) groups is 1. The highest BCUT2D eigenvalue weighted by molar-refractivity contribution is 5.96. The molecule has 2 N–H and O–H groups in total. The van der Waals surface area contributed by atoms with Crippen molar-refractivity contribution in [2.24, 2.45) is 0 Å². The van der Waals surface area contributed by atoms with Crippen LogP contribution in [-0.4, -0.2) is 51.2 Å². The molecule has 21 heavy (non-hydrogen) atoms. The normalized spacial score (nSPS) is 10.7. The maximum Gasteiger partial charge on any atom is 0.340 e. The summed E-state index contributed by atoms with van der Waals surface area (Å²) in [5, 5.41) is 0. The molecule has 0 heterocycles. The number of rotatable bonds is 8. The van der Waals surface area contributed by atoms with Gasteiger partial charge in [0.1, 0.15) is 0 Å². The van der Waals surface area contributed by atoms with Crippen molar-refractivity contribution in [1.82, 2.24) is 4.90 Å². The average molecular weight is 293 g/mol. The molecule has 0 radical (unpaired) electrons. The largest absolute Gasteiger partial charge is 0.462 e. The van der Waals surface area contributed by atoms with E-state index in [1.54, 1.807) is 13.0 Å². The number of hydrogen-bond donors (Lipinski definition) is 1. The van der Waals surface area contributed by atoms with Gasteiger partial charge >= 0.3 is 5.97 Å². The van der Waals surface area contributed by atoms with Gasteiger partial charge in [-0.2, -0.15) is 0 Å². The zero-order valence-electron chi connectivity index (χ0n) is 13.6. The van der Waals surface area contributed by atoms with Crippen LogP contribution >= 0.6 is 0 Å². The van der Waals surface area contributed by atoms with Crippen molar-refractivity contribution in [2.45, 2.75) is 20.3 Å². The predicted octanol–water partition coefficient (Wildman–Crippen LogP) is 2.22. The molecule has 0 atom stereocenters. The van der Waals surface area contributed by atoms with Gasteiger partial charge in [0.15, 0.2) is 0 Å². The summed E-state index contributed by atoms with van der Waals surface area (Å²) in [7, 11) is 4.14. The highest BCUT2D eigenvalue weighted by Gasteiger charge is 2.14. The van der Waals surface area contributed by atoms with Crippen molar-refractivity contribution in [3.63, 3.8) is 0 Å².